The number of halogens is 1. The number of rotatable bonds is 3. The average molecular weight is 238 g/mol. The molecule has 0 aliphatic carbocycles. The van der Waals surface area contributed by atoms with Gasteiger partial charge < -0.3 is 10.8 Å². The lowest BCUT2D eigenvalue weighted by atomic mass is 10.1. The van der Waals surface area contributed by atoms with Gasteiger partial charge in [-0.2, -0.15) is 5.10 Å². The van der Waals surface area contributed by atoms with Gasteiger partial charge in [0.05, 0.1) is 18.8 Å². The highest BCUT2D eigenvalue weighted by Gasteiger charge is 2.09. The molecule has 1 aromatic heterocycles. The molecule has 4 nitrogen and oxygen atoms in total. The maximum absolute atomic E-state index is 9.95. The molecule has 0 saturated heterocycles. The number of nitrogens with zero attached hydrogens (tertiary/aromatic N) is 2. The van der Waals surface area contributed by atoms with Crippen molar-refractivity contribution in [3.8, 4) is 0 Å². The van der Waals surface area contributed by atoms with Crippen molar-refractivity contribution in [3.63, 3.8) is 0 Å². The van der Waals surface area contributed by atoms with E-state index >= 15 is 0 Å². The summed E-state index contributed by atoms with van der Waals surface area (Å²) in [6.45, 7) is 0.334. The van der Waals surface area contributed by atoms with Gasteiger partial charge in [-0.1, -0.05) is 23.7 Å². The third kappa shape index (κ3) is 2.35. The lowest BCUT2D eigenvalue weighted by Crippen LogP contribution is -2.12. The quantitative estimate of drug-likeness (QED) is 0.856. The van der Waals surface area contributed by atoms with Gasteiger partial charge in [-0.15, -0.1) is 0 Å². The normalized spacial score (nSPS) is 12.6. The van der Waals surface area contributed by atoms with E-state index in [2.05, 4.69) is 5.10 Å². The van der Waals surface area contributed by atoms with Crippen LogP contribution in [0.1, 0.15) is 11.7 Å². The summed E-state index contributed by atoms with van der Waals surface area (Å²) in [7, 11) is 0. The Morgan fingerprint density at radius 2 is 2.00 bits per heavy atom. The molecular formula is C11H12ClN3O. The highest BCUT2D eigenvalue weighted by Crippen LogP contribution is 2.18. The first-order valence-electron chi connectivity index (χ1n) is 4.87. The average Bonchev–Trinajstić information content (AvgIpc) is 2.65. The number of nitrogens with two attached hydrogens (primary N) is 1. The first kappa shape index (κ1) is 11.0. The molecule has 0 amide bonds. The summed E-state index contributed by atoms with van der Waals surface area (Å²) in [6.07, 6.45) is 0.962. The molecule has 0 saturated carbocycles. The van der Waals surface area contributed by atoms with Crippen molar-refractivity contribution in [3.05, 3.63) is 47.1 Å². The van der Waals surface area contributed by atoms with Crippen LogP contribution in [0.4, 0.5) is 5.82 Å². The molecule has 84 valence electrons. The molecule has 0 spiro atoms. The van der Waals surface area contributed by atoms with E-state index in [1.54, 1.807) is 41.2 Å². The minimum Gasteiger partial charge on any atom is -0.386 e. The van der Waals surface area contributed by atoms with Crippen LogP contribution in [0, 0.1) is 0 Å². The van der Waals surface area contributed by atoms with E-state index in [-0.39, 0.29) is 0 Å². The van der Waals surface area contributed by atoms with Crippen LogP contribution in [0.2, 0.25) is 5.02 Å². The fraction of sp³-hybridized carbons (Fsp3) is 0.182. The van der Waals surface area contributed by atoms with E-state index in [4.69, 9.17) is 17.3 Å². The number of nitrogen functional groups attached to an aromatic ring is 1. The van der Waals surface area contributed by atoms with E-state index < -0.39 is 6.10 Å². The summed E-state index contributed by atoms with van der Waals surface area (Å²) in [5, 5.41) is 14.6. The summed E-state index contributed by atoms with van der Waals surface area (Å²) in [5.41, 5.74) is 6.45. The Balaban J connectivity index is 2.11. The molecule has 1 unspecified atom stereocenters. The molecule has 0 aliphatic heterocycles. The number of anilines is 1. The van der Waals surface area contributed by atoms with Gasteiger partial charge in [-0.3, -0.25) is 0 Å². The molecule has 0 bridgehead atoms. The third-order valence-electron chi connectivity index (χ3n) is 2.35. The lowest BCUT2D eigenvalue weighted by Gasteiger charge is -2.12. The van der Waals surface area contributed by atoms with Crippen LogP contribution in [0.5, 0.6) is 0 Å². The van der Waals surface area contributed by atoms with Crippen LogP contribution in [0.15, 0.2) is 36.5 Å². The molecule has 2 aromatic rings. The van der Waals surface area contributed by atoms with Crippen LogP contribution in [-0.4, -0.2) is 14.9 Å². The second-order valence-corrected chi connectivity index (χ2v) is 3.94. The Kier molecular flexibility index (Phi) is 3.12. The summed E-state index contributed by atoms with van der Waals surface area (Å²) in [4.78, 5) is 0. The molecule has 16 heavy (non-hydrogen) atoms. The second kappa shape index (κ2) is 4.55. The topological polar surface area (TPSA) is 64.1 Å². The number of hydrogen-bond acceptors (Lipinski definition) is 3. The maximum atomic E-state index is 9.95. The lowest BCUT2D eigenvalue weighted by molar-refractivity contribution is 0.152. The fourth-order valence-corrected chi connectivity index (χ4v) is 1.58. The number of aliphatic hydroxyl groups excluding tert-OH is 1. The minimum absolute atomic E-state index is 0.334. The zero-order valence-electron chi connectivity index (χ0n) is 8.55. The Bertz CT molecular complexity index is 466. The van der Waals surface area contributed by atoms with Gasteiger partial charge in [-0.25, -0.2) is 4.68 Å². The Labute approximate surface area is 98.3 Å². The number of benzene rings is 1. The van der Waals surface area contributed by atoms with Crippen LogP contribution in [0.3, 0.4) is 0 Å². The van der Waals surface area contributed by atoms with Crippen molar-refractivity contribution in [2.75, 3.05) is 5.73 Å². The largest absolute Gasteiger partial charge is 0.386 e. The van der Waals surface area contributed by atoms with Gasteiger partial charge in [0.15, 0.2) is 0 Å². The smallest absolute Gasteiger partial charge is 0.121 e. The third-order valence-corrected chi connectivity index (χ3v) is 2.60. The fourth-order valence-electron chi connectivity index (χ4n) is 1.45. The molecule has 1 atom stereocenters. The minimum atomic E-state index is -0.639. The number of hydrogen-bond donors (Lipinski definition) is 2. The summed E-state index contributed by atoms with van der Waals surface area (Å²) >= 11 is 5.77. The van der Waals surface area contributed by atoms with Gasteiger partial charge in [-0.05, 0) is 23.8 Å². The maximum Gasteiger partial charge on any atom is 0.121 e. The molecule has 1 heterocycles. The molecule has 2 rings (SSSR count). The molecule has 0 radical (unpaired) electrons. The van der Waals surface area contributed by atoms with Gasteiger partial charge in [0.1, 0.15) is 5.82 Å². The molecule has 0 aliphatic rings. The van der Waals surface area contributed by atoms with Gasteiger partial charge in [0.2, 0.25) is 0 Å². The molecule has 5 heteroatoms. The summed E-state index contributed by atoms with van der Waals surface area (Å²) in [6, 6.07) is 8.74. The first-order chi connectivity index (χ1) is 7.66. The summed E-state index contributed by atoms with van der Waals surface area (Å²) < 4.78 is 1.55. The van der Waals surface area contributed by atoms with Crippen molar-refractivity contribution in [1.82, 2.24) is 9.78 Å². The molecular weight excluding hydrogens is 226 g/mol. The van der Waals surface area contributed by atoms with Crippen molar-refractivity contribution in [2.45, 2.75) is 12.6 Å². The van der Waals surface area contributed by atoms with Crippen LogP contribution in [0.25, 0.3) is 0 Å². The van der Waals surface area contributed by atoms with Gasteiger partial charge in [0, 0.05) is 5.02 Å². The SMILES string of the molecule is Nc1ccnn1CC(O)c1ccc(Cl)cc1. The van der Waals surface area contributed by atoms with E-state index in [1.807, 2.05) is 0 Å². The highest BCUT2D eigenvalue weighted by molar-refractivity contribution is 6.30. The Morgan fingerprint density at radius 3 is 2.56 bits per heavy atom. The molecule has 3 N–H and O–H groups in total. The van der Waals surface area contributed by atoms with Crippen molar-refractivity contribution >= 4 is 17.4 Å². The Morgan fingerprint density at radius 1 is 1.31 bits per heavy atom. The van der Waals surface area contributed by atoms with E-state index in [1.165, 1.54) is 0 Å². The van der Waals surface area contributed by atoms with Crippen molar-refractivity contribution in [1.29, 1.82) is 0 Å². The van der Waals surface area contributed by atoms with Gasteiger partial charge >= 0.3 is 0 Å². The zero-order valence-corrected chi connectivity index (χ0v) is 9.30. The van der Waals surface area contributed by atoms with E-state index in [0.29, 0.717) is 17.4 Å². The van der Waals surface area contributed by atoms with E-state index in [9.17, 15) is 5.11 Å². The van der Waals surface area contributed by atoms with Crippen molar-refractivity contribution < 1.29 is 5.11 Å². The number of aliphatic hydroxyl groups is 1. The van der Waals surface area contributed by atoms with Crippen molar-refractivity contribution in [2.24, 2.45) is 0 Å². The molecule has 1 aromatic carbocycles. The van der Waals surface area contributed by atoms with Crippen LogP contribution in [-0.2, 0) is 6.54 Å². The van der Waals surface area contributed by atoms with Gasteiger partial charge in [0.25, 0.3) is 0 Å². The second-order valence-electron chi connectivity index (χ2n) is 3.51. The molecule has 0 fully saturated rings. The summed E-state index contributed by atoms with van der Waals surface area (Å²) in [5.74, 6) is 0.535. The standard InChI is InChI=1S/C11H12ClN3O/c12-9-3-1-8(2-4-9)10(16)7-15-11(13)5-6-14-15/h1-6,10,16H,7,13H2. The predicted octanol–water partition coefficient (Wildman–Crippen LogP) is 1.85. The highest BCUT2D eigenvalue weighted by atomic mass is 35.5. The van der Waals surface area contributed by atoms with E-state index in [0.717, 1.165) is 5.56 Å². The van der Waals surface area contributed by atoms with Crippen LogP contribution >= 0.6 is 11.6 Å². The predicted molar refractivity (Wildman–Crippen MR) is 63.1 cm³/mol. The Hall–Kier alpha value is -1.52. The monoisotopic (exact) mass is 237 g/mol. The number of aromatic nitrogens is 2. The first-order valence-corrected chi connectivity index (χ1v) is 5.25. The van der Waals surface area contributed by atoms with Crippen LogP contribution < -0.4 is 5.73 Å². The zero-order chi connectivity index (χ0) is 11.5.